The summed E-state index contributed by atoms with van der Waals surface area (Å²) >= 11 is 0. The Morgan fingerprint density at radius 1 is 0.260 bits per heavy atom. The number of hydrogen-bond acceptors (Lipinski definition) is 15. The fourth-order valence-electron chi connectivity index (χ4n) is 45.2. The highest BCUT2D eigenvalue weighted by molar-refractivity contribution is 5.76. The van der Waals surface area contributed by atoms with Crippen molar-refractivity contribution in [3.05, 3.63) is 0 Å². The molecule has 55 atom stereocenters. The summed E-state index contributed by atoms with van der Waals surface area (Å²) in [5.74, 6) is 1.57. The second-order valence-corrected chi connectivity index (χ2v) is 59.7. The average molecular weight is 2110 g/mol. The first-order valence-corrected chi connectivity index (χ1v) is 62.9. The second kappa shape index (κ2) is 47.0. The largest absolute Gasteiger partial charge is 0.393 e. The van der Waals surface area contributed by atoms with Gasteiger partial charge >= 0.3 is 0 Å². The Hall–Kier alpha value is -2.05. The van der Waals surface area contributed by atoms with Gasteiger partial charge in [0.05, 0.1) is 66.4 Å². The zero-order valence-electron chi connectivity index (χ0n) is 115. The quantitative estimate of drug-likeness (QED) is 0.0407. The highest BCUT2D eigenvalue weighted by Gasteiger charge is 2.73. The summed E-state index contributed by atoms with van der Waals surface area (Å²) in [6, 6.07) is 0. The Bertz CT molecular complexity index is 5350. The van der Waals surface area contributed by atoms with Crippen LogP contribution in [0.3, 0.4) is 0 Å². The SMILES string of the molecule is [2H]C([2H])(C[C@@H](C)[C@H]1CC[C@H]2[C@H]3[C@H](CC[C@]12C)[C@@]1(C)CC[C@@H](O)C[C@H]1[C@@H](CC)[C@@]3([2H])O)C(C)=O.[2H]C([2H])([2H])C([2H])([2H])[C@@H]1[C@@H]2C[C@H](O)CC[C@]2(C)[C@H]2CC[C@]3(C)[C@@H]([C@H](C)CCC(C)=O)CC[C@H]3[C@@H]2[C@]1([2H])O.[2H]C([2H])([2H])C([2H])([2H])[C@H]1[C@@H](O)[C@@H]2[C@H](CC[C@]3(C)[C@@H]([C@H](C)CCC(C)=O)CC[C@@H]23)[C@@]2(C)CC[C@@H](O)C[C@@H]12.[2H][C@]1(O)[C@@H]2[C@H](CC[C@]3(C)[C@@H]([C@H](C)CCC(C)=O)CC[C@@H]23)[C@@]2(C)CC[C@@H](O)C[C@H]2[C@H]1CC.[2H][C@]1(O)[C@@H]2[C@H](CC[C@]3(C)[C@@H]([C@H](C)CCC(C)=O)CC[C@@H]23)[C@@]2(C)CC[C@@H](O)C[C@H]2[C@]1([2H])CC. The van der Waals surface area contributed by atoms with Crippen LogP contribution in [0.4, 0.5) is 0 Å². The smallest absolute Gasteiger partial charge is 0.129 e. The van der Waals surface area contributed by atoms with E-state index in [0.717, 1.165) is 205 Å². The fourth-order valence-corrected chi connectivity index (χ4v) is 45.2. The lowest BCUT2D eigenvalue weighted by Gasteiger charge is -2.64. The van der Waals surface area contributed by atoms with Crippen LogP contribution < -0.4 is 0 Å². The summed E-state index contributed by atoms with van der Waals surface area (Å²) in [5.41, 5.74) is -0.528. The van der Waals surface area contributed by atoms with Gasteiger partial charge in [0, 0.05) is 49.9 Å². The van der Waals surface area contributed by atoms with E-state index < -0.39 is 122 Å². The number of fused-ring (bicyclic) bond motifs is 25. The maximum Gasteiger partial charge on any atom is 0.129 e. The van der Waals surface area contributed by atoms with Crippen molar-refractivity contribution in [1.82, 2.24) is 0 Å². The third-order valence-corrected chi connectivity index (χ3v) is 53.1. The number of Topliss-reactive ketones (excluding diaryl/α,β-unsaturated/α-hetero) is 5. The number of rotatable bonds is 25. The number of aliphatic hydroxyl groups is 10. The van der Waals surface area contributed by atoms with E-state index in [2.05, 4.69) is 118 Å². The third kappa shape index (κ3) is 21.5. The molecule has 0 aromatic rings. The van der Waals surface area contributed by atoms with Gasteiger partial charge in [0.25, 0.3) is 0 Å². The minimum absolute atomic E-state index is 0.00283. The van der Waals surface area contributed by atoms with Crippen LogP contribution in [0.5, 0.6) is 0 Å². The van der Waals surface area contributed by atoms with Gasteiger partial charge in [-0.05, 0) is 553 Å². The van der Waals surface area contributed by atoms with E-state index in [1.807, 2.05) is 6.92 Å². The van der Waals surface area contributed by atoms with Crippen molar-refractivity contribution in [3.63, 3.8) is 0 Å². The standard InChI is InChI=1S/5C27H46O3/c5*1-6-19-23-15-18(29)11-13-27(23,5)22-12-14-26(4)20(16(2)7-8-17(3)28)9-10-21(26)24(22)25(19)30/h5*16,18-25,29-30H,6-15H2,1-5H3/t16-,18-,19+,20-,21+,22+,23+,24+,25-,26-,27-;4*16-,18-,19-,20-,21+,22+,23+,24+,25-,26-,27-/m11111/s1/i19D,25D;1D3,6D2,25D;8D2,25D;1D3,6D2;25D. The van der Waals surface area contributed by atoms with Crippen LogP contribution >= 0.6 is 0 Å². The molecule has 0 aliphatic heterocycles. The zero-order chi connectivity index (χ0) is 124. The van der Waals surface area contributed by atoms with E-state index in [9.17, 15) is 81.9 Å². The van der Waals surface area contributed by atoms with Gasteiger partial charge in [-0.2, -0.15) is 0 Å². The molecular weight excluding hydrogens is 1860 g/mol. The Balaban J connectivity index is 0.000000146. The van der Waals surface area contributed by atoms with Crippen LogP contribution in [-0.2, 0) is 24.0 Å². The van der Waals surface area contributed by atoms with Crippen LogP contribution in [0.15, 0.2) is 0 Å². The minimum Gasteiger partial charge on any atom is -0.393 e. The lowest BCUT2D eigenvalue weighted by Crippen LogP contribution is -2.62. The third-order valence-electron chi connectivity index (χ3n) is 53.1. The van der Waals surface area contributed by atoms with Gasteiger partial charge < -0.3 is 75.0 Å². The number of carbonyl (C=O) groups excluding carboxylic acids is 5. The highest BCUT2D eigenvalue weighted by Crippen LogP contribution is 2.78. The Morgan fingerprint density at radius 3 is 0.747 bits per heavy atom. The molecule has 0 aromatic heterocycles. The molecule has 0 unspecified atom stereocenters. The van der Waals surface area contributed by atoms with Crippen molar-refractivity contribution >= 4 is 28.9 Å². The molecule has 0 radical (unpaired) electrons. The Labute approximate surface area is 938 Å². The molecule has 10 N–H and O–H groups in total. The van der Waals surface area contributed by atoms with Crippen LogP contribution in [0.1, 0.15) is 517 Å². The summed E-state index contributed by atoms with van der Waals surface area (Å²) in [6.45, 7) is 42.8. The molecule has 0 bridgehead atoms. The van der Waals surface area contributed by atoms with Crippen LogP contribution in [0.25, 0.3) is 0 Å². The molecule has 0 aromatic carbocycles. The van der Waals surface area contributed by atoms with Crippen molar-refractivity contribution in [3.8, 4) is 0 Å². The maximum atomic E-state index is 12.1. The van der Waals surface area contributed by atoms with E-state index in [1.165, 1.54) is 19.8 Å². The minimum atomic E-state index is -2.99. The van der Waals surface area contributed by atoms with Gasteiger partial charge in [-0.15, -0.1) is 0 Å². The predicted octanol–water partition coefficient (Wildman–Crippen LogP) is 28.1. The summed E-state index contributed by atoms with van der Waals surface area (Å²) < 4.78 is 147. The average Bonchev–Trinajstić information content (AvgIpc) is 1.31. The second-order valence-electron chi connectivity index (χ2n) is 59.7. The molecule has 15 nitrogen and oxygen atoms in total. The van der Waals surface area contributed by atoms with E-state index in [4.69, 9.17) is 16.4 Å². The van der Waals surface area contributed by atoms with E-state index >= 15 is 0 Å². The summed E-state index contributed by atoms with van der Waals surface area (Å²) in [4.78, 5) is 58.3. The molecule has 0 saturated heterocycles. The molecule has 0 amide bonds. The maximum absolute atomic E-state index is 12.1. The van der Waals surface area contributed by atoms with Gasteiger partial charge in [0.2, 0.25) is 0 Å². The molecule has 20 rings (SSSR count). The Morgan fingerprint density at radius 2 is 0.480 bits per heavy atom. The predicted molar refractivity (Wildman–Crippen MR) is 604 cm³/mol. The number of carbonyl (C=O) groups is 5. The molecule has 0 spiro atoms. The van der Waals surface area contributed by atoms with Gasteiger partial charge in [-0.1, -0.05) is 170 Å². The molecule has 20 fully saturated rings. The van der Waals surface area contributed by atoms with Crippen LogP contribution in [-0.4, -0.2) is 141 Å². The molecule has 860 valence electrons. The normalized spacial score (nSPS) is 56.1. The molecule has 0 heterocycles. The van der Waals surface area contributed by atoms with Crippen molar-refractivity contribution in [2.24, 2.45) is 261 Å². The molecule has 20 saturated carbocycles. The zero-order valence-corrected chi connectivity index (χ0v) is 98.3. The van der Waals surface area contributed by atoms with Gasteiger partial charge in [0.1, 0.15) is 28.9 Å². The van der Waals surface area contributed by atoms with Crippen molar-refractivity contribution in [1.29, 1.82) is 0 Å². The van der Waals surface area contributed by atoms with Crippen molar-refractivity contribution < 1.29 is 98.3 Å². The number of aliphatic hydroxyl groups excluding tert-OH is 6. The monoisotopic (exact) mass is 2110 g/mol. The van der Waals surface area contributed by atoms with Gasteiger partial charge in [-0.3, -0.25) is 0 Å². The molecule has 20 aliphatic rings. The first kappa shape index (κ1) is 98.7. The lowest BCUT2D eigenvalue weighted by atomic mass is 9.41. The number of hydrogen-bond donors (Lipinski definition) is 10. The molecular formula is C135H230O15. The summed E-state index contributed by atoms with van der Waals surface area (Å²) in [5, 5.41) is 112. The van der Waals surface area contributed by atoms with Gasteiger partial charge in [-0.25, -0.2) is 0 Å². The fraction of sp³-hybridized carbons (Fsp3) is 0.963. The highest BCUT2D eigenvalue weighted by atomic mass is 16.3. The summed E-state index contributed by atoms with van der Waals surface area (Å²) in [6.07, 6.45) is 22.2. The topological polar surface area (TPSA) is 288 Å². The molecule has 20 aliphatic carbocycles. The lowest BCUT2D eigenvalue weighted by molar-refractivity contribution is -0.203. The van der Waals surface area contributed by atoms with E-state index in [-0.39, 0.29) is 203 Å². The first-order chi connectivity index (χ1) is 76.9. The molecule has 150 heavy (non-hydrogen) atoms. The van der Waals surface area contributed by atoms with E-state index in [0.29, 0.717) is 142 Å². The van der Waals surface area contributed by atoms with Crippen molar-refractivity contribution in [2.75, 3.05) is 0 Å². The van der Waals surface area contributed by atoms with Crippen molar-refractivity contribution in [2.45, 2.75) is 555 Å². The van der Waals surface area contributed by atoms with Gasteiger partial charge in [0.15, 0.2) is 0 Å². The summed E-state index contributed by atoms with van der Waals surface area (Å²) in [7, 11) is 0. The van der Waals surface area contributed by atoms with E-state index in [1.54, 1.807) is 27.7 Å². The van der Waals surface area contributed by atoms with Crippen LogP contribution in [0, 0.1) is 261 Å². The first-order valence-electron chi connectivity index (χ1n) is 71.4. The number of ketones is 5. The Kier molecular flexibility index (Phi) is 30.9. The molecule has 15 heteroatoms. The van der Waals surface area contributed by atoms with Crippen LogP contribution in [0.2, 0.25) is 0 Å².